The first-order chi connectivity index (χ1) is 20.5. The second-order valence-electron chi connectivity index (χ2n) is 12.2. The second kappa shape index (κ2) is 23.7. The van der Waals surface area contributed by atoms with E-state index >= 15 is 0 Å². The predicted molar refractivity (Wildman–Crippen MR) is 186 cm³/mol. The minimum absolute atomic E-state index is 0.271. The molecule has 0 saturated heterocycles. The summed E-state index contributed by atoms with van der Waals surface area (Å²) in [6.45, 7) is 17.0. The van der Waals surface area contributed by atoms with E-state index in [9.17, 15) is 14.0 Å². The molecule has 0 aliphatic rings. The van der Waals surface area contributed by atoms with Crippen LogP contribution in [-0.4, -0.2) is 21.3 Å². The van der Waals surface area contributed by atoms with Gasteiger partial charge in [-0.2, -0.15) is 4.31 Å². The molecule has 3 N–H and O–H groups in total. The third kappa shape index (κ3) is 28.0. The Morgan fingerprint density at radius 1 is 0.477 bits per heavy atom. The SMILES string of the molecule is CC(C)=CCC/C(C)=C/CC/C(C)=C/CC/C(C)=C/CC/C(C)=C/CC/C(C)=C/CC/C(C)=C/COP(=O)(O)OP(=O)(O)O. The van der Waals surface area contributed by atoms with Gasteiger partial charge in [0.1, 0.15) is 0 Å². The maximum atomic E-state index is 11.4. The highest BCUT2D eigenvalue weighted by Gasteiger charge is 2.31. The highest BCUT2D eigenvalue weighted by atomic mass is 31.3. The molecular weight excluding hydrogens is 594 g/mol. The third-order valence-corrected chi connectivity index (χ3v) is 9.28. The molecule has 1 unspecified atom stereocenters. The van der Waals surface area contributed by atoms with Gasteiger partial charge >= 0.3 is 15.6 Å². The van der Waals surface area contributed by atoms with Crippen molar-refractivity contribution in [1.29, 1.82) is 0 Å². The lowest BCUT2D eigenvalue weighted by Gasteiger charge is -2.11. The number of allylic oxidation sites excluding steroid dienone is 13. The molecule has 0 aliphatic carbocycles. The topological polar surface area (TPSA) is 113 Å². The van der Waals surface area contributed by atoms with Crippen LogP contribution in [0.5, 0.6) is 0 Å². The van der Waals surface area contributed by atoms with Gasteiger partial charge in [-0.3, -0.25) is 4.52 Å². The lowest BCUT2D eigenvalue weighted by molar-refractivity contribution is 0.191. The normalized spacial score (nSPS) is 15.9. The van der Waals surface area contributed by atoms with Gasteiger partial charge in [0.2, 0.25) is 0 Å². The van der Waals surface area contributed by atoms with Crippen LogP contribution < -0.4 is 0 Å². The highest BCUT2D eigenvalue weighted by molar-refractivity contribution is 7.60. The fourth-order valence-corrected chi connectivity index (χ4v) is 5.89. The summed E-state index contributed by atoms with van der Waals surface area (Å²) in [6, 6.07) is 0. The van der Waals surface area contributed by atoms with E-state index in [1.165, 1.54) is 33.4 Å². The van der Waals surface area contributed by atoms with E-state index in [0.717, 1.165) is 82.6 Å². The highest BCUT2D eigenvalue weighted by Crippen LogP contribution is 2.57. The van der Waals surface area contributed by atoms with Gasteiger partial charge in [0.15, 0.2) is 0 Å². The molecular formula is C35H60O7P2. The first-order valence-corrected chi connectivity index (χ1v) is 18.8. The van der Waals surface area contributed by atoms with Gasteiger partial charge in [0.05, 0.1) is 6.61 Å². The Kier molecular flexibility index (Phi) is 22.9. The Hall–Kier alpha value is -1.56. The molecule has 0 spiro atoms. The standard InChI is InChI=1S/C35H60O7P2/c1-29(2)15-9-16-30(3)17-10-18-31(4)19-11-20-32(5)21-12-22-33(6)23-13-24-34(7)25-14-26-35(8)27-28-41-44(39,40)42-43(36,37)38/h15,17,19,21,23,25,27H,9-14,16,18,20,22,24,26,28H2,1-8H3,(H,39,40)(H2,36,37,38)/b30-17+,31-19+,32-21+,33-23+,34-25+,35-27+. The van der Waals surface area contributed by atoms with Crippen LogP contribution in [0.25, 0.3) is 0 Å². The fourth-order valence-electron chi connectivity index (χ4n) is 4.36. The maximum Gasteiger partial charge on any atom is 0.481 e. The molecule has 0 aliphatic heterocycles. The average molecular weight is 655 g/mol. The van der Waals surface area contributed by atoms with Crippen LogP contribution in [0, 0.1) is 0 Å². The van der Waals surface area contributed by atoms with Crippen LogP contribution in [0.3, 0.4) is 0 Å². The van der Waals surface area contributed by atoms with E-state index in [1.54, 1.807) is 6.08 Å². The number of phosphoric acid groups is 2. The van der Waals surface area contributed by atoms with E-state index in [2.05, 4.69) is 93.8 Å². The minimum Gasteiger partial charge on any atom is -0.302 e. The molecule has 44 heavy (non-hydrogen) atoms. The Bertz CT molecular complexity index is 1160. The van der Waals surface area contributed by atoms with Crippen LogP contribution in [0.4, 0.5) is 0 Å². The van der Waals surface area contributed by atoms with Crippen molar-refractivity contribution in [3.05, 3.63) is 81.5 Å². The molecule has 0 rings (SSSR count). The summed E-state index contributed by atoms with van der Waals surface area (Å²) in [5.74, 6) is 0. The van der Waals surface area contributed by atoms with Crippen molar-refractivity contribution in [3.63, 3.8) is 0 Å². The number of phosphoric ester groups is 1. The summed E-state index contributed by atoms with van der Waals surface area (Å²) in [4.78, 5) is 26.5. The Morgan fingerprint density at radius 3 is 1.02 bits per heavy atom. The molecule has 0 aromatic heterocycles. The summed E-state index contributed by atoms with van der Waals surface area (Å²) in [6.07, 6.45) is 28.2. The van der Waals surface area contributed by atoms with Crippen molar-refractivity contribution in [2.75, 3.05) is 6.61 Å². The van der Waals surface area contributed by atoms with Crippen molar-refractivity contribution in [2.45, 2.75) is 132 Å². The summed E-state index contributed by atoms with van der Waals surface area (Å²) >= 11 is 0. The predicted octanol–water partition coefficient (Wildman–Crippen LogP) is 11.5. The minimum atomic E-state index is -5.10. The number of rotatable bonds is 23. The first-order valence-electron chi connectivity index (χ1n) is 15.8. The molecule has 0 fully saturated rings. The first kappa shape index (κ1) is 42.4. The number of hydrogen-bond acceptors (Lipinski definition) is 4. The third-order valence-electron chi connectivity index (χ3n) is 7.13. The Labute approximate surface area is 268 Å². The summed E-state index contributed by atoms with van der Waals surface area (Å²) in [5.41, 5.74) is 9.52. The van der Waals surface area contributed by atoms with Crippen LogP contribution in [-0.2, 0) is 18.0 Å². The van der Waals surface area contributed by atoms with Gasteiger partial charge < -0.3 is 14.7 Å². The van der Waals surface area contributed by atoms with Crippen molar-refractivity contribution >= 4 is 15.6 Å². The molecule has 0 aromatic rings. The zero-order valence-corrected chi connectivity index (χ0v) is 30.4. The van der Waals surface area contributed by atoms with E-state index in [0.29, 0.717) is 0 Å². The van der Waals surface area contributed by atoms with Crippen molar-refractivity contribution in [1.82, 2.24) is 0 Å². The van der Waals surface area contributed by atoms with E-state index in [1.807, 2.05) is 6.92 Å². The van der Waals surface area contributed by atoms with E-state index in [-0.39, 0.29) is 6.61 Å². The van der Waals surface area contributed by atoms with Gasteiger partial charge in [-0.1, -0.05) is 81.5 Å². The van der Waals surface area contributed by atoms with Crippen molar-refractivity contribution < 1.29 is 32.6 Å². The lowest BCUT2D eigenvalue weighted by atomic mass is 10.0. The van der Waals surface area contributed by atoms with Gasteiger partial charge in [-0.25, -0.2) is 9.13 Å². The van der Waals surface area contributed by atoms with Gasteiger partial charge in [-0.15, -0.1) is 0 Å². The Morgan fingerprint density at radius 2 is 0.750 bits per heavy atom. The molecule has 0 saturated carbocycles. The maximum absolute atomic E-state index is 11.4. The van der Waals surface area contributed by atoms with Crippen molar-refractivity contribution in [3.8, 4) is 0 Å². The quantitative estimate of drug-likeness (QED) is 0.0742. The fraction of sp³-hybridized carbons (Fsp3) is 0.600. The zero-order chi connectivity index (χ0) is 33.6. The Balaban J connectivity index is 4.26. The smallest absolute Gasteiger partial charge is 0.302 e. The van der Waals surface area contributed by atoms with E-state index in [4.69, 9.17) is 9.79 Å². The average Bonchev–Trinajstić information content (AvgIpc) is 2.87. The molecule has 7 nitrogen and oxygen atoms in total. The van der Waals surface area contributed by atoms with Gasteiger partial charge in [0.25, 0.3) is 0 Å². The zero-order valence-electron chi connectivity index (χ0n) is 28.6. The van der Waals surface area contributed by atoms with Crippen LogP contribution in [0.15, 0.2) is 81.5 Å². The molecule has 0 bridgehead atoms. The molecule has 0 heterocycles. The molecule has 1 atom stereocenters. The molecule has 9 heteroatoms. The second-order valence-corrected chi connectivity index (χ2v) is 15.0. The van der Waals surface area contributed by atoms with Crippen LogP contribution >= 0.6 is 15.6 Å². The molecule has 252 valence electrons. The monoisotopic (exact) mass is 654 g/mol. The van der Waals surface area contributed by atoms with Crippen LogP contribution in [0.1, 0.15) is 132 Å². The van der Waals surface area contributed by atoms with Gasteiger partial charge in [0, 0.05) is 0 Å². The molecule has 0 amide bonds. The summed E-state index contributed by atoms with van der Waals surface area (Å²) < 4.78 is 30.4. The van der Waals surface area contributed by atoms with Crippen LogP contribution in [0.2, 0.25) is 0 Å². The van der Waals surface area contributed by atoms with E-state index < -0.39 is 15.6 Å². The van der Waals surface area contributed by atoms with Crippen molar-refractivity contribution in [2.24, 2.45) is 0 Å². The largest absolute Gasteiger partial charge is 0.481 e. The number of hydrogen-bond donors (Lipinski definition) is 3. The van der Waals surface area contributed by atoms with Gasteiger partial charge in [-0.05, 0) is 132 Å². The molecule has 0 aromatic carbocycles. The lowest BCUT2D eigenvalue weighted by Crippen LogP contribution is -1.94. The summed E-state index contributed by atoms with van der Waals surface area (Å²) in [7, 11) is -9.89. The molecule has 0 radical (unpaired) electrons. The summed E-state index contributed by atoms with van der Waals surface area (Å²) in [5, 5.41) is 0.